The Kier molecular flexibility index (Phi) is 3.95. The van der Waals surface area contributed by atoms with Gasteiger partial charge in [-0.25, -0.2) is 4.39 Å². The van der Waals surface area contributed by atoms with Crippen molar-refractivity contribution in [3.8, 4) is 11.5 Å². The van der Waals surface area contributed by atoms with Crippen LogP contribution in [0, 0.1) is 5.82 Å². The fourth-order valence-electron chi connectivity index (χ4n) is 1.65. The van der Waals surface area contributed by atoms with Gasteiger partial charge in [0.25, 0.3) is 0 Å². The van der Waals surface area contributed by atoms with Crippen molar-refractivity contribution in [2.45, 2.75) is 13.0 Å². The van der Waals surface area contributed by atoms with Crippen molar-refractivity contribution in [3.05, 3.63) is 59.9 Å². The van der Waals surface area contributed by atoms with Crippen LogP contribution in [0.15, 0.2) is 48.5 Å². The van der Waals surface area contributed by atoms with Crippen molar-refractivity contribution in [3.63, 3.8) is 0 Å². The number of hydrogen-bond acceptors (Lipinski definition) is 2. The van der Waals surface area contributed by atoms with Crippen molar-refractivity contribution in [1.82, 2.24) is 5.32 Å². The van der Waals surface area contributed by atoms with E-state index in [1.165, 1.54) is 12.1 Å². The van der Waals surface area contributed by atoms with E-state index in [-0.39, 0.29) is 11.9 Å². The van der Waals surface area contributed by atoms with Crippen molar-refractivity contribution in [2.75, 3.05) is 7.05 Å². The maximum Gasteiger partial charge on any atom is 0.127 e. The summed E-state index contributed by atoms with van der Waals surface area (Å²) in [5.41, 5.74) is 1.15. The van der Waals surface area contributed by atoms with Crippen molar-refractivity contribution in [1.29, 1.82) is 0 Å². The largest absolute Gasteiger partial charge is 0.457 e. The molecule has 3 heteroatoms. The van der Waals surface area contributed by atoms with E-state index in [4.69, 9.17) is 4.74 Å². The van der Waals surface area contributed by atoms with Crippen LogP contribution in [0.3, 0.4) is 0 Å². The Hall–Kier alpha value is -1.87. The summed E-state index contributed by atoms with van der Waals surface area (Å²) in [6.45, 7) is 2.08. The topological polar surface area (TPSA) is 21.3 Å². The number of nitrogens with one attached hydrogen (secondary N) is 1. The monoisotopic (exact) mass is 245 g/mol. The van der Waals surface area contributed by atoms with E-state index < -0.39 is 0 Å². The average Bonchev–Trinajstić information content (AvgIpc) is 2.41. The van der Waals surface area contributed by atoms with E-state index in [0.717, 1.165) is 11.3 Å². The number of halogens is 1. The predicted octanol–water partition coefficient (Wildman–Crippen LogP) is 3.90. The third kappa shape index (κ3) is 3.08. The summed E-state index contributed by atoms with van der Waals surface area (Å²) < 4.78 is 18.5. The van der Waals surface area contributed by atoms with Gasteiger partial charge in [0.15, 0.2) is 0 Å². The number of ether oxygens (including phenoxy) is 1. The van der Waals surface area contributed by atoms with Gasteiger partial charge in [-0.2, -0.15) is 0 Å². The molecule has 0 bridgehead atoms. The van der Waals surface area contributed by atoms with Crippen LogP contribution in [0.25, 0.3) is 0 Å². The van der Waals surface area contributed by atoms with Crippen LogP contribution in [0.5, 0.6) is 11.5 Å². The summed E-state index contributed by atoms with van der Waals surface area (Å²) in [5, 5.41) is 3.17. The third-order valence-corrected chi connectivity index (χ3v) is 2.84. The maximum absolute atomic E-state index is 12.8. The van der Waals surface area contributed by atoms with E-state index in [9.17, 15) is 4.39 Å². The van der Waals surface area contributed by atoms with Crippen molar-refractivity contribution in [2.24, 2.45) is 0 Å². The van der Waals surface area contributed by atoms with E-state index in [2.05, 4.69) is 12.2 Å². The molecule has 0 aliphatic heterocycles. The minimum atomic E-state index is -0.264. The lowest BCUT2D eigenvalue weighted by Crippen LogP contribution is -2.11. The first-order valence-electron chi connectivity index (χ1n) is 5.89. The van der Waals surface area contributed by atoms with Crippen molar-refractivity contribution >= 4 is 0 Å². The fourth-order valence-corrected chi connectivity index (χ4v) is 1.65. The fraction of sp³-hybridized carbons (Fsp3) is 0.200. The van der Waals surface area contributed by atoms with Crippen LogP contribution in [0.2, 0.25) is 0 Å². The molecule has 0 fully saturated rings. The van der Waals surface area contributed by atoms with Gasteiger partial charge >= 0.3 is 0 Å². The second kappa shape index (κ2) is 5.65. The molecule has 2 aromatic carbocycles. The van der Waals surface area contributed by atoms with Crippen LogP contribution in [0.1, 0.15) is 18.5 Å². The van der Waals surface area contributed by atoms with Gasteiger partial charge < -0.3 is 10.1 Å². The Morgan fingerprint density at radius 3 is 2.44 bits per heavy atom. The molecule has 0 saturated heterocycles. The Bertz CT molecular complexity index is 510. The predicted molar refractivity (Wildman–Crippen MR) is 70.4 cm³/mol. The molecule has 0 aromatic heterocycles. The highest BCUT2D eigenvalue weighted by Gasteiger charge is 2.04. The Morgan fingerprint density at radius 1 is 1.06 bits per heavy atom. The normalized spacial score (nSPS) is 12.2. The second-order valence-electron chi connectivity index (χ2n) is 4.14. The zero-order chi connectivity index (χ0) is 13.0. The van der Waals surface area contributed by atoms with Crippen molar-refractivity contribution < 1.29 is 9.13 Å². The quantitative estimate of drug-likeness (QED) is 0.882. The first-order chi connectivity index (χ1) is 8.69. The molecule has 2 aromatic rings. The summed E-state index contributed by atoms with van der Waals surface area (Å²) in [5.74, 6) is 1.12. The smallest absolute Gasteiger partial charge is 0.127 e. The molecule has 0 radical (unpaired) electrons. The molecule has 2 rings (SSSR count). The van der Waals surface area contributed by atoms with Gasteiger partial charge in [0.2, 0.25) is 0 Å². The van der Waals surface area contributed by atoms with Gasteiger partial charge in [-0.3, -0.25) is 0 Å². The van der Waals surface area contributed by atoms with Gasteiger partial charge in [-0.1, -0.05) is 12.1 Å². The summed E-state index contributed by atoms with van der Waals surface area (Å²) in [7, 11) is 1.91. The van der Waals surface area contributed by atoms with Gasteiger partial charge in [0.1, 0.15) is 17.3 Å². The van der Waals surface area contributed by atoms with E-state index in [1.54, 1.807) is 12.1 Å². The molecule has 2 nitrogen and oxygen atoms in total. The number of rotatable bonds is 4. The summed E-state index contributed by atoms with van der Waals surface area (Å²) in [6.07, 6.45) is 0. The highest BCUT2D eigenvalue weighted by atomic mass is 19.1. The zero-order valence-corrected chi connectivity index (χ0v) is 10.5. The average molecular weight is 245 g/mol. The Balaban J connectivity index is 2.16. The minimum absolute atomic E-state index is 0.264. The molecular formula is C15H16FNO. The summed E-state index contributed by atoms with van der Waals surface area (Å²) in [6, 6.07) is 14.1. The van der Waals surface area contributed by atoms with Crippen LogP contribution >= 0.6 is 0 Å². The molecule has 1 N–H and O–H groups in total. The van der Waals surface area contributed by atoms with Gasteiger partial charge in [0.05, 0.1) is 0 Å². The molecule has 0 aliphatic carbocycles. The number of benzene rings is 2. The van der Waals surface area contributed by atoms with Crippen LogP contribution < -0.4 is 10.1 Å². The lowest BCUT2D eigenvalue weighted by molar-refractivity contribution is 0.478. The lowest BCUT2D eigenvalue weighted by atomic mass is 10.1. The minimum Gasteiger partial charge on any atom is -0.457 e. The Morgan fingerprint density at radius 2 is 1.78 bits per heavy atom. The third-order valence-electron chi connectivity index (χ3n) is 2.84. The zero-order valence-electron chi connectivity index (χ0n) is 10.5. The van der Waals surface area contributed by atoms with Gasteiger partial charge in [-0.05, 0) is 55.9 Å². The molecule has 1 unspecified atom stereocenters. The van der Waals surface area contributed by atoms with E-state index >= 15 is 0 Å². The number of hydrogen-bond donors (Lipinski definition) is 1. The molecule has 0 aliphatic rings. The first-order valence-corrected chi connectivity index (χ1v) is 5.89. The van der Waals surface area contributed by atoms with Crippen LogP contribution in [-0.2, 0) is 0 Å². The lowest BCUT2D eigenvalue weighted by Gasteiger charge is -2.12. The highest BCUT2D eigenvalue weighted by molar-refractivity contribution is 5.35. The second-order valence-corrected chi connectivity index (χ2v) is 4.14. The molecule has 94 valence electrons. The molecule has 18 heavy (non-hydrogen) atoms. The van der Waals surface area contributed by atoms with Gasteiger partial charge in [0, 0.05) is 6.04 Å². The highest BCUT2D eigenvalue weighted by Crippen LogP contribution is 2.24. The van der Waals surface area contributed by atoms with E-state index in [1.807, 2.05) is 31.3 Å². The summed E-state index contributed by atoms with van der Waals surface area (Å²) >= 11 is 0. The van der Waals surface area contributed by atoms with Crippen LogP contribution in [-0.4, -0.2) is 7.05 Å². The molecule has 1 atom stereocenters. The molecule has 0 saturated carbocycles. The molecule has 0 spiro atoms. The maximum atomic E-state index is 12.8. The molecule has 0 heterocycles. The van der Waals surface area contributed by atoms with Crippen LogP contribution in [0.4, 0.5) is 4.39 Å². The SMILES string of the molecule is CNC(C)c1cccc(Oc2ccc(F)cc2)c1. The standard InChI is InChI=1S/C15H16FNO/c1-11(17-2)12-4-3-5-15(10-12)18-14-8-6-13(16)7-9-14/h3-11,17H,1-2H3. The molecular weight excluding hydrogens is 229 g/mol. The molecule has 0 amide bonds. The summed E-state index contributed by atoms with van der Waals surface area (Å²) in [4.78, 5) is 0. The first kappa shape index (κ1) is 12.6. The van der Waals surface area contributed by atoms with E-state index in [0.29, 0.717) is 5.75 Å². The van der Waals surface area contributed by atoms with Gasteiger partial charge in [-0.15, -0.1) is 0 Å². The Labute approximate surface area is 106 Å².